The van der Waals surface area contributed by atoms with Gasteiger partial charge in [0.1, 0.15) is 0 Å². The molecule has 0 spiro atoms. The van der Waals surface area contributed by atoms with Gasteiger partial charge in [-0.05, 0) is 42.5 Å². The second kappa shape index (κ2) is 5.08. The highest BCUT2D eigenvalue weighted by Gasteiger charge is 2.20. The van der Waals surface area contributed by atoms with Gasteiger partial charge in [0, 0.05) is 25.3 Å². The monoisotopic (exact) mass is 245 g/mol. The topological polar surface area (TPSA) is 53.2 Å². The summed E-state index contributed by atoms with van der Waals surface area (Å²) in [7, 11) is 0. The Morgan fingerprint density at radius 2 is 2.11 bits per heavy atom. The standard InChI is InChI=1S/C14H19N3O/c18-14(13-9-15-6-7-16-13)17-12-5-4-10-2-1-3-11(10)8-12/h4-5,8,13,15-16H,1-3,6-7,9H2,(H,17,18). The number of amides is 1. The molecule has 1 heterocycles. The number of carbonyl (C=O) groups excluding carboxylic acids is 1. The summed E-state index contributed by atoms with van der Waals surface area (Å²) in [6.07, 6.45) is 3.56. The summed E-state index contributed by atoms with van der Waals surface area (Å²) in [5.74, 6) is 0.0557. The van der Waals surface area contributed by atoms with Gasteiger partial charge >= 0.3 is 0 Å². The SMILES string of the molecule is O=C(Nc1ccc2c(c1)CCC2)C1CNCCN1. The van der Waals surface area contributed by atoms with Crippen LogP contribution in [-0.2, 0) is 17.6 Å². The molecule has 1 saturated heterocycles. The summed E-state index contributed by atoms with van der Waals surface area (Å²) in [5, 5.41) is 9.44. The Hall–Kier alpha value is -1.39. The van der Waals surface area contributed by atoms with Crippen molar-refractivity contribution in [3.05, 3.63) is 29.3 Å². The van der Waals surface area contributed by atoms with Crippen molar-refractivity contribution in [2.75, 3.05) is 25.0 Å². The van der Waals surface area contributed by atoms with E-state index in [1.165, 1.54) is 24.0 Å². The Morgan fingerprint density at radius 1 is 1.22 bits per heavy atom. The molecule has 4 nitrogen and oxygen atoms in total. The Bertz CT molecular complexity index is 452. The summed E-state index contributed by atoms with van der Waals surface area (Å²) in [6, 6.07) is 6.16. The quantitative estimate of drug-likeness (QED) is 0.718. The summed E-state index contributed by atoms with van der Waals surface area (Å²) < 4.78 is 0. The number of hydrogen-bond donors (Lipinski definition) is 3. The maximum atomic E-state index is 12.1. The lowest BCUT2D eigenvalue weighted by atomic mass is 10.1. The normalized spacial score (nSPS) is 22.6. The molecule has 1 aromatic rings. The molecule has 3 rings (SSSR count). The van der Waals surface area contributed by atoms with Crippen LogP contribution in [0.15, 0.2) is 18.2 Å². The highest BCUT2D eigenvalue weighted by Crippen LogP contribution is 2.24. The molecule has 1 fully saturated rings. The first-order valence-corrected chi connectivity index (χ1v) is 6.70. The number of rotatable bonds is 2. The van der Waals surface area contributed by atoms with E-state index in [-0.39, 0.29) is 11.9 Å². The van der Waals surface area contributed by atoms with E-state index in [4.69, 9.17) is 0 Å². The molecule has 18 heavy (non-hydrogen) atoms. The summed E-state index contributed by atoms with van der Waals surface area (Å²) in [6.45, 7) is 2.49. The van der Waals surface area contributed by atoms with E-state index in [1.807, 2.05) is 6.07 Å². The number of fused-ring (bicyclic) bond motifs is 1. The van der Waals surface area contributed by atoms with Crippen LogP contribution in [-0.4, -0.2) is 31.6 Å². The summed E-state index contributed by atoms with van der Waals surface area (Å²) in [4.78, 5) is 12.1. The fourth-order valence-corrected chi connectivity index (χ4v) is 2.72. The van der Waals surface area contributed by atoms with Crippen LogP contribution in [0.25, 0.3) is 0 Å². The van der Waals surface area contributed by atoms with Crippen LogP contribution in [0.3, 0.4) is 0 Å². The second-order valence-corrected chi connectivity index (χ2v) is 5.04. The highest BCUT2D eigenvalue weighted by molar-refractivity contribution is 5.95. The molecular formula is C14H19N3O. The summed E-state index contributed by atoms with van der Waals surface area (Å²) in [5.41, 5.74) is 3.75. The predicted octanol–water partition coefficient (Wildman–Crippen LogP) is 0.675. The van der Waals surface area contributed by atoms with Crippen LogP contribution in [0.5, 0.6) is 0 Å². The largest absolute Gasteiger partial charge is 0.325 e. The predicted molar refractivity (Wildman–Crippen MR) is 71.8 cm³/mol. The zero-order valence-electron chi connectivity index (χ0n) is 10.5. The van der Waals surface area contributed by atoms with Gasteiger partial charge in [0.05, 0.1) is 6.04 Å². The fraction of sp³-hybridized carbons (Fsp3) is 0.500. The molecule has 2 aliphatic rings. The van der Waals surface area contributed by atoms with Gasteiger partial charge in [-0.15, -0.1) is 0 Å². The molecule has 1 unspecified atom stereocenters. The number of hydrogen-bond acceptors (Lipinski definition) is 3. The van der Waals surface area contributed by atoms with E-state index in [9.17, 15) is 4.79 Å². The molecular weight excluding hydrogens is 226 g/mol. The minimum Gasteiger partial charge on any atom is -0.325 e. The number of anilines is 1. The van der Waals surface area contributed by atoms with E-state index in [2.05, 4.69) is 28.1 Å². The zero-order chi connectivity index (χ0) is 12.4. The van der Waals surface area contributed by atoms with Crippen molar-refractivity contribution in [2.45, 2.75) is 25.3 Å². The molecule has 1 aliphatic carbocycles. The van der Waals surface area contributed by atoms with Crippen LogP contribution in [0, 0.1) is 0 Å². The first-order valence-electron chi connectivity index (χ1n) is 6.70. The van der Waals surface area contributed by atoms with Gasteiger partial charge in [0.15, 0.2) is 0 Å². The van der Waals surface area contributed by atoms with Crippen molar-refractivity contribution in [3.63, 3.8) is 0 Å². The van der Waals surface area contributed by atoms with Crippen molar-refractivity contribution in [2.24, 2.45) is 0 Å². The van der Waals surface area contributed by atoms with Gasteiger partial charge in [-0.3, -0.25) is 4.79 Å². The van der Waals surface area contributed by atoms with Crippen molar-refractivity contribution < 1.29 is 4.79 Å². The lowest BCUT2D eigenvalue weighted by molar-refractivity contribution is -0.118. The van der Waals surface area contributed by atoms with Crippen molar-refractivity contribution in [1.82, 2.24) is 10.6 Å². The molecule has 1 aromatic carbocycles. The number of nitrogens with one attached hydrogen (secondary N) is 3. The van der Waals surface area contributed by atoms with E-state index >= 15 is 0 Å². The maximum Gasteiger partial charge on any atom is 0.242 e. The number of aryl methyl sites for hydroxylation is 2. The van der Waals surface area contributed by atoms with Crippen molar-refractivity contribution in [3.8, 4) is 0 Å². The first-order chi connectivity index (χ1) is 8.83. The summed E-state index contributed by atoms with van der Waals surface area (Å²) >= 11 is 0. The lowest BCUT2D eigenvalue weighted by Crippen LogP contribution is -2.54. The van der Waals surface area contributed by atoms with Gasteiger partial charge < -0.3 is 16.0 Å². The minimum absolute atomic E-state index is 0.0557. The molecule has 0 radical (unpaired) electrons. The van der Waals surface area contributed by atoms with E-state index in [0.717, 1.165) is 25.2 Å². The Labute approximate surface area is 107 Å². The van der Waals surface area contributed by atoms with E-state index in [0.29, 0.717) is 6.54 Å². The molecule has 96 valence electrons. The molecule has 1 aliphatic heterocycles. The molecule has 4 heteroatoms. The van der Waals surface area contributed by atoms with Gasteiger partial charge in [-0.2, -0.15) is 0 Å². The van der Waals surface area contributed by atoms with Crippen molar-refractivity contribution >= 4 is 11.6 Å². The van der Waals surface area contributed by atoms with Gasteiger partial charge in [0.25, 0.3) is 0 Å². The van der Waals surface area contributed by atoms with Crippen LogP contribution < -0.4 is 16.0 Å². The van der Waals surface area contributed by atoms with Crippen LogP contribution in [0.1, 0.15) is 17.5 Å². The highest BCUT2D eigenvalue weighted by atomic mass is 16.2. The number of piperazine rings is 1. The van der Waals surface area contributed by atoms with Gasteiger partial charge in [-0.1, -0.05) is 6.07 Å². The van der Waals surface area contributed by atoms with E-state index in [1.54, 1.807) is 0 Å². The maximum absolute atomic E-state index is 12.1. The van der Waals surface area contributed by atoms with E-state index < -0.39 is 0 Å². The van der Waals surface area contributed by atoms with Crippen LogP contribution in [0.2, 0.25) is 0 Å². The zero-order valence-corrected chi connectivity index (χ0v) is 10.5. The smallest absolute Gasteiger partial charge is 0.242 e. The van der Waals surface area contributed by atoms with Gasteiger partial charge in [-0.25, -0.2) is 0 Å². The molecule has 0 aromatic heterocycles. The molecule has 1 amide bonds. The number of carbonyl (C=O) groups is 1. The lowest BCUT2D eigenvalue weighted by Gasteiger charge is -2.23. The van der Waals surface area contributed by atoms with Gasteiger partial charge in [0.2, 0.25) is 5.91 Å². The van der Waals surface area contributed by atoms with Crippen molar-refractivity contribution in [1.29, 1.82) is 0 Å². The molecule has 3 N–H and O–H groups in total. The third-order valence-corrected chi connectivity index (χ3v) is 3.72. The Morgan fingerprint density at radius 3 is 2.94 bits per heavy atom. The first kappa shape index (κ1) is 11.7. The third-order valence-electron chi connectivity index (χ3n) is 3.72. The molecule has 0 bridgehead atoms. The molecule has 0 saturated carbocycles. The number of benzene rings is 1. The Kier molecular flexibility index (Phi) is 3.30. The average molecular weight is 245 g/mol. The molecule has 1 atom stereocenters. The average Bonchev–Trinajstić information content (AvgIpc) is 2.87. The van der Waals surface area contributed by atoms with Crippen LogP contribution in [0.4, 0.5) is 5.69 Å². The third kappa shape index (κ3) is 2.40. The fourth-order valence-electron chi connectivity index (χ4n) is 2.72. The Balaban J connectivity index is 1.66. The minimum atomic E-state index is -0.119. The van der Waals surface area contributed by atoms with Crippen LogP contribution >= 0.6 is 0 Å². The second-order valence-electron chi connectivity index (χ2n) is 5.04.